The summed E-state index contributed by atoms with van der Waals surface area (Å²) in [6, 6.07) is 5.46. The molecule has 0 spiro atoms. The Labute approximate surface area is 115 Å². The molecule has 5 heteroatoms. The van der Waals surface area contributed by atoms with Crippen LogP contribution < -0.4 is 0 Å². The van der Waals surface area contributed by atoms with Crippen molar-refractivity contribution in [2.45, 2.75) is 13.5 Å². The average molecular weight is 313 g/mol. The van der Waals surface area contributed by atoms with Gasteiger partial charge in [-0.1, -0.05) is 15.9 Å². The zero-order valence-corrected chi connectivity index (χ0v) is 12.0. The lowest BCUT2D eigenvalue weighted by molar-refractivity contribution is -0.130. The molecule has 1 heterocycles. The first-order chi connectivity index (χ1) is 8.56. The zero-order chi connectivity index (χ0) is 13.1. The fraction of sp³-hybridized carbons (Fsp3) is 0.462. The van der Waals surface area contributed by atoms with Gasteiger partial charge in [0.05, 0.1) is 0 Å². The highest BCUT2D eigenvalue weighted by molar-refractivity contribution is 9.10. The predicted octanol–water partition coefficient (Wildman–Crippen LogP) is 1.82. The van der Waals surface area contributed by atoms with E-state index < -0.39 is 0 Å². The monoisotopic (exact) mass is 312 g/mol. The van der Waals surface area contributed by atoms with E-state index in [1.807, 2.05) is 17.0 Å². The molecule has 0 unspecified atom stereocenters. The Morgan fingerprint density at radius 1 is 1.33 bits per heavy atom. The molecule has 1 aromatic rings. The number of benzene rings is 1. The molecule has 0 bridgehead atoms. The molecule has 0 atom stereocenters. The summed E-state index contributed by atoms with van der Waals surface area (Å²) in [5, 5.41) is 9.79. The molecule has 1 fully saturated rings. The first-order valence-electron chi connectivity index (χ1n) is 6.01. The van der Waals surface area contributed by atoms with Gasteiger partial charge in [0, 0.05) is 49.7 Å². The van der Waals surface area contributed by atoms with Crippen LogP contribution in [-0.2, 0) is 11.3 Å². The first kappa shape index (κ1) is 13.4. The summed E-state index contributed by atoms with van der Waals surface area (Å²) in [5.74, 6) is 0.465. The number of halogens is 1. The van der Waals surface area contributed by atoms with Crippen LogP contribution in [0.4, 0.5) is 0 Å². The van der Waals surface area contributed by atoms with E-state index in [1.165, 1.54) is 0 Å². The van der Waals surface area contributed by atoms with E-state index in [0.717, 1.165) is 42.8 Å². The van der Waals surface area contributed by atoms with Gasteiger partial charge in [-0.15, -0.1) is 0 Å². The van der Waals surface area contributed by atoms with Gasteiger partial charge in [-0.2, -0.15) is 0 Å². The minimum Gasteiger partial charge on any atom is -0.508 e. The predicted molar refractivity (Wildman–Crippen MR) is 73.3 cm³/mol. The third-order valence-corrected chi connectivity index (χ3v) is 3.75. The standard InChI is InChI=1S/C13H17BrN2O2/c1-10(17)16-6-4-15(5-7-16)9-11-8-12(14)2-3-13(11)18/h2-3,8,18H,4-7,9H2,1H3. The molecule has 98 valence electrons. The second kappa shape index (κ2) is 5.71. The largest absolute Gasteiger partial charge is 0.508 e. The van der Waals surface area contributed by atoms with Crippen molar-refractivity contribution in [2.24, 2.45) is 0 Å². The highest BCUT2D eigenvalue weighted by Crippen LogP contribution is 2.23. The summed E-state index contributed by atoms with van der Waals surface area (Å²) in [5.41, 5.74) is 0.917. The van der Waals surface area contributed by atoms with Crippen LogP contribution >= 0.6 is 15.9 Å². The summed E-state index contributed by atoms with van der Waals surface area (Å²) >= 11 is 3.41. The Morgan fingerprint density at radius 3 is 2.61 bits per heavy atom. The molecule has 1 saturated heterocycles. The topological polar surface area (TPSA) is 43.8 Å². The normalized spacial score (nSPS) is 16.9. The van der Waals surface area contributed by atoms with Crippen molar-refractivity contribution in [1.82, 2.24) is 9.80 Å². The highest BCUT2D eigenvalue weighted by Gasteiger charge is 2.19. The Kier molecular flexibility index (Phi) is 4.24. The van der Waals surface area contributed by atoms with Gasteiger partial charge in [0.25, 0.3) is 0 Å². The quantitative estimate of drug-likeness (QED) is 0.906. The number of carbonyl (C=O) groups excluding carboxylic acids is 1. The lowest BCUT2D eigenvalue weighted by Crippen LogP contribution is -2.47. The van der Waals surface area contributed by atoms with Gasteiger partial charge >= 0.3 is 0 Å². The van der Waals surface area contributed by atoms with Gasteiger partial charge in [-0.05, 0) is 18.2 Å². The minimum absolute atomic E-state index is 0.139. The fourth-order valence-electron chi connectivity index (χ4n) is 2.14. The number of carbonyl (C=O) groups is 1. The molecule has 2 rings (SSSR count). The van der Waals surface area contributed by atoms with Gasteiger partial charge in [0.2, 0.25) is 5.91 Å². The van der Waals surface area contributed by atoms with Gasteiger partial charge in [-0.25, -0.2) is 0 Å². The van der Waals surface area contributed by atoms with Gasteiger partial charge in [0.1, 0.15) is 5.75 Å². The molecule has 1 amide bonds. The van der Waals surface area contributed by atoms with Crippen LogP contribution in [0.25, 0.3) is 0 Å². The molecule has 1 N–H and O–H groups in total. The van der Waals surface area contributed by atoms with Gasteiger partial charge in [0.15, 0.2) is 0 Å². The number of hydrogen-bond donors (Lipinski definition) is 1. The van der Waals surface area contributed by atoms with E-state index in [9.17, 15) is 9.90 Å². The second-order valence-corrected chi connectivity index (χ2v) is 5.47. The number of aromatic hydroxyl groups is 1. The van der Waals surface area contributed by atoms with E-state index in [4.69, 9.17) is 0 Å². The fourth-order valence-corrected chi connectivity index (χ4v) is 2.55. The Morgan fingerprint density at radius 2 is 2.00 bits per heavy atom. The van der Waals surface area contributed by atoms with E-state index in [-0.39, 0.29) is 5.91 Å². The molecular formula is C13H17BrN2O2. The van der Waals surface area contributed by atoms with Crippen LogP contribution in [0.1, 0.15) is 12.5 Å². The minimum atomic E-state index is 0.139. The third-order valence-electron chi connectivity index (χ3n) is 3.25. The van der Waals surface area contributed by atoms with Crippen molar-refractivity contribution in [2.75, 3.05) is 26.2 Å². The third kappa shape index (κ3) is 3.23. The lowest BCUT2D eigenvalue weighted by atomic mass is 10.1. The molecule has 1 aliphatic heterocycles. The van der Waals surface area contributed by atoms with Crippen LogP contribution in [-0.4, -0.2) is 47.0 Å². The number of amides is 1. The molecule has 18 heavy (non-hydrogen) atoms. The maximum absolute atomic E-state index is 11.2. The van der Waals surface area contributed by atoms with Crippen molar-refractivity contribution in [1.29, 1.82) is 0 Å². The van der Waals surface area contributed by atoms with Crippen molar-refractivity contribution in [3.05, 3.63) is 28.2 Å². The maximum atomic E-state index is 11.2. The number of phenolic OH excluding ortho intramolecular Hbond substituents is 1. The molecule has 0 aliphatic carbocycles. The second-order valence-electron chi connectivity index (χ2n) is 4.56. The smallest absolute Gasteiger partial charge is 0.219 e. The Balaban J connectivity index is 1.95. The summed E-state index contributed by atoms with van der Waals surface area (Å²) in [6.45, 7) is 5.57. The van der Waals surface area contributed by atoms with E-state index in [2.05, 4.69) is 20.8 Å². The molecule has 4 nitrogen and oxygen atoms in total. The van der Waals surface area contributed by atoms with Crippen LogP contribution in [0.5, 0.6) is 5.75 Å². The van der Waals surface area contributed by atoms with Crippen molar-refractivity contribution in [3.63, 3.8) is 0 Å². The molecule has 0 aromatic heterocycles. The van der Waals surface area contributed by atoms with Crippen molar-refractivity contribution in [3.8, 4) is 5.75 Å². The summed E-state index contributed by atoms with van der Waals surface area (Å²) in [4.78, 5) is 15.3. The highest BCUT2D eigenvalue weighted by atomic mass is 79.9. The molecule has 0 saturated carbocycles. The molecular weight excluding hydrogens is 296 g/mol. The number of piperazine rings is 1. The first-order valence-corrected chi connectivity index (χ1v) is 6.81. The summed E-state index contributed by atoms with van der Waals surface area (Å²) in [6.07, 6.45) is 0. The average Bonchev–Trinajstić information content (AvgIpc) is 2.34. The molecule has 1 aliphatic rings. The number of nitrogens with zero attached hydrogens (tertiary/aromatic N) is 2. The van der Waals surface area contributed by atoms with E-state index >= 15 is 0 Å². The number of rotatable bonds is 2. The summed E-state index contributed by atoms with van der Waals surface area (Å²) < 4.78 is 0.970. The maximum Gasteiger partial charge on any atom is 0.219 e. The molecule has 1 aromatic carbocycles. The van der Waals surface area contributed by atoms with Crippen molar-refractivity contribution >= 4 is 21.8 Å². The van der Waals surface area contributed by atoms with E-state index in [0.29, 0.717) is 5.75 Å². The van der Waals surface area contributed by atoms with Crippen LogP contribution in [0.15, 0.2) is 22.7 Å². The Hall–Kier alpha value is -1.07. The van der Waals surface area contributed by atoms with Gasteiger partial charge < -0.3 is 10.0 Å². The SMILES string of the molecule is CC(=O)N1CCN(Cc2cc(Br)ccc2O)CC1. The van der Waals surface area contributed by atoms with Crippen LogP contribution in [0, 0.1) is 0 Å². The number of phenols is 1. The van der Waals surface area contributed by atoms with Crippen LogP contribution in [0.3, 0.4) is 0 Å². The van der Waals surface area contributed by atoms with E-state index in [1.54, 1.807) is 13.0 Å². The zero-order valence-electron chi connectivity index (χ0n) is 10.4. The summed E-state index contributed by atoms with van der Waals surface area (Å²) in [7, 11) is 0. The lowest BCUT2D eigenvalue weighted by Gasteiger charge is -2.34. The molecule has 0 radical (unpaired) electrons. The Bertz CT molecular complexity index is 443. The van der Waals surface area contributed by atoms with Gasteiger partial charge in [-0.3, -0.25) is 9.69 Å². The van der Waals surface area contributed by atoms with Crippen molar-refractivity contribution < 1.29 is 9.90 Å². The number of hydrogen-bond acceptors (Lipinski definition) is 3. The van der Waals surface area contributed by atoms with Crippen LogP contribution in [0.2, 0.25) is 0 Å².